The Balaban J connectivity index is 2.64. The number of hydrogen-bond acceptors (Lipinski definition) is 3. The van der Waals surface area contributed by atoms with Gasteiger partial charge in [0.2, 0.25) is 0 Å². The summed E-state index contributed by atoms with van der Waals surface area (Å²) < 4.78 is 30.6. The van der Waals surface area contributed by atoms with E-state index in [0.29, 0.717) is 36.0 Å². The Hall–Kier alpha value is -0.840. The Morgan fingerprint density at radius 2 is 1.77 bits per heavy atom. The van der Waals surface area contributed by atoms with E-state index in [1.807, 2.05) is 27.7 Å². The molecule has 1 aromatic rings. The molecule has 22 heavy (non-hydrogen) atoms. The summed E-state index contributed by atoms with van der Waals surface area (Å²) in [6.45, 7) is 8.89. The highest BCUT2D eigenvalue weighted by Gasteiger charge is 2.13. The highest BCUT2D eigenvalue weighted by molar-refractivity contribution is 6.32. The van der Waals surface area contributed by atoms with Crippen molar-refractivity contribution in [3.05, 3.63) is 28.5 Å². The first-order chi connectivity index (χ1) is 10.5. The molecule has 126 valence electrons. The minimum Gasteiger partial charge on any atom is -0.489 e. The molecule has 1 aromatic carbocycles. The Morgan fingerprint density at radius 1 is 1.14 bits per heavy atom. The fourth-order valence-electron chi connectivity index (χ4n) is 2.15. The van der Waals surface area contributed by atoms with Crippen molar-refractivity contribution >= 4 is 11.6 Å². The molecule has 0 saturated carbocycles. The van der Waals surface area contributed by atoms with Gasteiger partial charge in [0.1, 0.15) is 11.6 Å². The molecule has 0 aliphatic heterocycles. The molecule has 0 heterocycles. The van der Waals surface area contributed by atoms with Gasteiger partial charge in [-0.25, -0.2) is 4.39 Å². The van der Waals surface area contributed by atoms with Crippen LogP contribution in [0.15, 0.2) is 12.1 Å². The van der Waals surface area contributed by atoms with Crippen LogP contribution in [0.3, 0.4) is 0 Å². The number of rotatable bonds is 10. The molecule has 5 heteroatoms. The van der Waals surface area contributed by atoms with Gasteiger partial charge in [-0.05, 0) is 64.7 Å². The molecule has 0 radical (unpaired) electrons. The van der Waals surface area contributed by atoms with Crippen molar-refractivity contribution < 1.29 is 18.6 Å². The van der Waals surface area contributed by atoms with Gasteiger partial charge in [-0.15, -0.1) is 0 Å². The zero-order valence-electron chi connectivity index (χ0n) is 13.8. The minimum absolute atomic E-state index is 0.00361. The summed E-state index contributed by atoms with van der Waals surface area (Å²) in [5.41, 5.74) is 0.604. The van der Waals surface area contributed by atoms with Crippen molar-refractivity contribution in [1.82, 2.24) is 0 Å². The molecule has 0 N–H and O–H groups in total. The maximum Gasteiger partial charge on any atom is 0.157 e. The molecule has 0 bridgehead atoms. The zero-order chi connectivity index (χ0) is 16.5. The third-order valence-corrected chi connectivity index (χ3v) is 3.35. The third-order valence-electron chi connectivity index (χ3n) is 3.05. The Morgan fingerprint density at radius 3 is 2.32 bits per heavy atom. The van der Waals surface area contributed by atoms with Crippen molar-refractivity contribution in [2.45, 2.75) is 59.4 Å². The Kier molecular flexibility index (Phi) is 8.76. The average Bonchev–Trinajstić information content (AvgIpc) is 2.43. The van der Waals surface area contributed by atoms with Gasteiger partial charge in [-0.3, -0.25) is 0 Å². The smallest absolute Gasteiger partial charge is 0.157 e. The summed E-state index contributed by atoms with van der Waals surface area (Å²) in [6, 6.07) is 3.01. The van der Waals surface area contributed by atoms with Gasteiger partial charge in [0, 0.05) is 13.2 Å². The van der Waals surface area contributed by atoms with Crippen molar-refractivity contribution in [3.63, 3.8) is 0 Å². The third kappa shape index (κ3) is 6.51. The predicted octanol–water partition coefficient (Wildman–Crippen LogP) is 4.99. The first-order valence-electron chi connectivity index (χ1n) is 7.85. The molecular weight excluding hydrogens is 307 g/mol. The van der Waals surface area contributed by atoms with Gasteiger partial charge in [-0.2, -0.15) is 0 Å². The van der Waals surface area contributed by atoms with E-state index >= 15 is 0 Å². The fraction of sp³-hybridized carbons (Fsp3) is 0.647. The molecule has 0 fully saturated rings. The van der Waals surface area contributed by atoms with Crippen molar-refractivity contribution in [2.24, 2.45) is 0 Å². The SMILES string of the molecule is CCOC(CCCc1cc(OC(C)C)c(Cl)cc1F)OCC. The molecule has 0 aliphatic rings. The van der Waals surface area contributed by atoms with Crippen LogP contribution in [0.1, 0.15) is 46.1 Å². The number of aryl methyl sites for hydroxylation is 1. The second-order valence-corrected chi connectivity index (χ2v) is 5.68. The lowest BCUT2D eigenvalue weighted by molar-refractivity contribution is -0.140. The molecule has 3 nitrogen and oxygen atoms in total. The van der Waals surface area contributed by atoms with Gasteiger partial charge < -0.3 is 14.2 Å². The fourth-order valence-corrected chi connectivity index (χ4v) is 2.35. The van der Waals surface area contributed by atoms with Crippen LogP contribution in [-0.4, -0.2) is 25.6 Å². The molecular formula is C17H26ClFO3. The van der Waals surface area contributed by atoms with Crippen LogP contribution in [0.25, 0.3) is 0 Å². The monoisotopic (exact) mass is 332 g/mol. The van der Waals surface area contributed by atoms with Crippen molar-refractivity contribution in [3.8, 4) is 5.75 Å². The molecule has 0 amide bonds. The van der Waals surface area contributed by atoms with E-state index in [-0.39, 0.29) is 18.2 Å². The summed E-state index contributed by atoms with van der Waals surface area (Å²) in [7, 11) is 0. The molecule has 0 unspecified atom stereocenters. The second-order valence-electron chi connectivity index (χ2n) is 5.27. The van der Waals surface area contributed by atoms with E-state index in [1.165, 1.54) is 6.07 Å². The van der Waals surface area contributed by atoms with Crippen LogP contribution in [-0.2, 0) is 15.9 Å². The van der Waals surface area contributed by atoms with Crippen LogP contribution in [0.2, 0.25) is 5.02 Å². The summed E-state index contributed by atoms with van der Waals surface area (Å²) in [4.78, 5) is 0. The minimum atomic E-state index is -0.300. The van der Waals surface area contributed by atoms with Crippen molar-refractivity contribution in [1.29, 1.82) is 0 Å². The van der Waals surface area contributed by atoms with E-state index in [4.69, 9.17) is 25.8 Å². The molecule has 0 atom stereocenters. The number of hydrogen-bond donors (Lipinski definition) is 0. The van der Waals surface area contributed by atoms with Crippen LogP contribution in [0.4, 0.5) is 4.39 Å². The maximum absolute atomic E-state index is 14.0. The summed E-state index contributed by atoms with van der Waals surface area (Å²) in [5.74, 6) is 0.227. The maximum atomic E-state index is 14.0. The lowest BCUT2D eigenvalue weighted by atomic mass is 10.1. The number of benzene rings is 1. The first kappa shape index (κ1) is 19.2. The predicted molar refractivity (Wildman–Crippen MR) is 87.2 cm³/mol. The van der Waals surface area contributed by atoms with E-state index in [9.17, 15) is 4.39 Å². The normalized spacial score (nSPS) is 11.5. The highest BCUT2D eigenvalue weighted by atomic mass is 35.5. The summed E-state index contributed by atoms with van der Waals surface area (Å²) in [5, 5.41) is 0.302. The van der Waals surface area contributed by atoms with E-state index < -0.39 is 0 Å². The quantitative estimate of drug-likeness (QED) is 0.565. The van der Waals surface area contributed by atoms with E-state index in [2.05, 4.69) is 0 Å². The molecule has 0 aromatic heterocycles. The highest BCUT2D eigenvalue weighted by Crippen LogP contribution is 2.29. The number of ether oxygens (including phenoxy) is 3. The van der Waals surface area contributed by atoms with Gasteiger partial charge in [-0.1, -0.05) is 11.6 Å². The first-order valence-corrected chi connectivity index (χ1v) is 8.23. The van der Waals surface area contributed by atoms with Gasteiger partial charge >= 0.3 is 0 Å². The van der Waals surface area contributed by atoms with Crippen LogP contribution >= 0.6 is 11.6 Å². The van der Waals surface area contributed by atoms with Gasteiger partial charge in [0.25, 0.3) is 0 Å². The molecule has 0 spiro atoms. The topological polar surface area (TPSA) is 27.7 Å². The Labute approximate surface area is 137 Å². The van der Waals surface area contributed by atoms with E-state index in [0.717, 1.165) is 12.8 Å². The standard InChI is InChI=1S/C17H26ClFO3/c1-5-20-17(21-6-2)9-7-8-13-10-16(22-12(3)4)14(18)11-15(13)19/h10-12,17H,5-9H2,1-4H3. The van der Waals surface area contributed by atoms with Crippen molar-refractivity contribution in [2.75, 3.05) is 13.2 Å². The van der Waals surface area contributed by atoms with Crippen LogP contribution in [0, 0.1) is 5.82 Å². The van der Waals surface area contributed by atoms with E-state index in [1.54, 1.807) is 6.07 Å². The molecule has 0 aliphatic carbocycles. The summed E-state index contributed by atoms with van der Waals surface area (Å²) >= 11 is 6.01. The second kappa shape index (κ2) is 10.0. The Bertz CT molecular complexity index is 446. The largest absolute Gasteiger partial charge is 0.489 e. The number of halogens is 2. The van der Waals surface area contributed by atoms with Crippen LogP contribution in [0.5, 0.6) is 5.75 Å². The molecule has 0 saturated heterocycles. The molecule has 1 rings (SSSR count). The lowest BCUT2D eigenvalue weighted by Crippen LogP contribution is -2.17. The van der Waals surface area contributed by atoms with Gasteiger partial charge in [0.15, 0.2) is 6.29 Å². The zero-order valence-corrected chi connectivity index (χ0v) is 14.6. The van der Waals surface area contributed by atoms with Gasteiger partial charge in [0.05, 0.1) is 11.1 Å². The average molecular weight is 333 g/mol. The summed E-state index contributed by atoms with van der Waals surface area (Å²) in [6.07, 6.45) is 1.86. The van der Waals surface area contributed by atoms with Crippen LogP contribution < -0.4 is 4.74 Å². The lowest BCUT2D eigenvalue weighted by Gasteiger charge is -2.17.